The largest absolute Gasteiger partial charge is 0.444 e. The van der Waals surface area contributed by atoms with E-state index < -0.39 is 11.7 Å². The summed E-state index contributed by atoms with van der Waals surface area (Å²) in [6.07, 6.45) is -0.532. The smallest absolute Gasteiger partial charge is 0.412 e. The molecule has 2 aromatic rings. The highest BCUT2D eigenvalue weighted by molar-refractivity contribution is 6.34. The molecule has 126 valence electrons. The van der Waals surface area contributed by atoms with Crippen LogP contribution in [0.25, 0.3) is 0 Å². The fraction of sp³-hybridized carbons (Fsp3) is 0.222. The Bertz CT molecular complexity index is 737. The van der Waals surface area contributed by atoms with E-state index in [1.54, 1.807) is 69.3 Å². The molecule has 2 N–H and O–H groups in total. The van der Waals surface area contributed by atoms with E-state index in [1.165, 1.54) is 0 Å². The second-order valence-corrected chi connectivity index (χ2v) is 6.55. The van der Waals surface area contributed by atoms with E-state index in [1.807, 2.05) is 0 Å². The Morgan fingerprint density at radius 3 is 2.00 bits per heavy atom. The first-order valence-electron chi connectivity index (χ1n) is 7.40. The molecule has 0 aliphatic heterocycles. The third-order valence-corrected chi connectivity index (χ3v) is 3.24. The molecule has 0 aromatic heterocycles. The summed E-state index contributed by atoms with van der Waals surface area (Å²) in [6.45, 7) is 5.37. The quantitative estimate of drug-likeness (QED) is 0.827. The van der Waals surface area contributed by atoms with Crippen molar-refractivity contribution in [2.45, 2.75) is 26.4 Å². The predicted octanol–water partition coefficient (Wildman–Crippen LogP) is 4.94. The highest BCUT2D eigenvalue weighted by Crippen LogP contribution is 2.19. The molecule has 0 spiro atoms. The molecule has 0 aliphatic carbocycles. The minimum atomic E-state index is -0.563. The molecule has 0 unspecified atom stereocenters. The van der Waals surface area contributed by atoms with Crippen molar-refractivity contribution >= 4 is 35.0 Å². The number of benzene rings is 2. The second kappa shape index (κ2) is 7.36. The predicted molar refractivity (Wildman–Crippen MR) is 95.7 cm³/mol. The van der Waals surface area contributed by atoms with Gasteiger partial charge >= 0.3 is 6.09 Å². The normalized spacial score (nSPS) is 10.8. The molecule has 2 rings (SSSR count). The van der Waals surface area contributed by atoms with E-state index in [4.69, 9.17) is 16.3 Å². The Kier molecular flexibility index (Phi) is 5.46. The first-order valence-corrected chi connectivity index (χ1v) is 7.78. The summed E-state index contributed by atoms with van der Waals surface area (Å²) < 4.78 is 5.17. The van der Waals surface area contributed by atoms with Gasteiger partial charge in [0, 0.05) is 11.4 Å². The van der Waals surface area contributed by atoms with Crippen LogP contribution in [-0.2, 0) is 4.74 Å². The van der Waals surface area contributed by atoms with Crippen molar-refractivity contribution in [2.24, 2.45) is 0 Å². The van der Waals surface area contributed by atoms with Crippen molar-refractivity contribution in [2.75, 3.05) is 10.6 Å². The highest BCUT2D eigenvalue weighted by atomic mass is 35.5. The van der Waals surface area contributed by atoms with Gasteiger partial charge in [0.15, 0.2) is 0 Å². The first-order chi connectivity index (χ1) is 11.2. The molecular weight excluding hydrogens is 328 g/mol. The zero-order chi connectivity index (χ0) is 17.7. The summed E-state index contributed by atoms with van der Waals surface area (Å²) in [5, 5.41) is 5.76. The Morgan fingerprint density at radius 2 is 1.46 bits per heavy atom. The standard InChI is InChI=1S/C18H19ClN2O3/c1-18(2,3)24-17(23)21-13-10-8-12(9-11-13)20-16(22)14-6-4-5-7-15(14)19/h4-11H,1-3H3,(H,20,22)(H,21,23). The number of amides is 2. The van der Waals surface area contributed by atoms with Gasteiger partial charge in [-0.2, -0.15) is 0 Å². The summed E-state index contributed by atoms with van der Waals surface area (Å²) in [5.74, 6) is -0.298. The van der Waals surface area contributed by atoms with E-state index in [-0.39, 0.29) is 5.91 Å². The fourth-order valence-electron chi connectivity index (χ4n) is 1.90. The Balaban J connectivity index is 1.98. The van der Waals surface area contributed by atoms with Crippen molar-refractivity contribution in [3.8, 4) is 0 Å². The summed E-state index contributed by atoms with van der Waals surface area (Å²) in [5.41, 5.74) is 0.997. The highest BCUT2D eigenvalue weighted by Gasteiger charge is 2.16. The van der Waals surface area contributed by atoms with Gasteiger partial charge in [0.05, 0.1) is 10.6 Å². The summed E-state index contributed by atoms with van der Waals surface area (Å²) in [4.78, 5) is 23.9. The maximum atomic E-state index is 12.2. The number of nitrogens with one attached hydrogen (secondary N) is 2. The van der Waals surface area contributed by atoms with E-state index in [2.05, 4.69) is 10.6 Å². The molecule has 5 nitrogen and oxygen atoms in total. The van der Waals surface area contributed by atoms with Gasteiger partial charge in [0.1, 0.15) is 5.60 Å². The molecule has 0 radical (unpaired) electrons. The van der Waals surface area contributed by atoms with E-state index in [9.17, 15) is 9.59 Å². The molecular formula is C18H19ClN2O3. The van der Waals surface area contributed by atoms with Crippen molar-refractivity contribution in [3.63, 3.8) is 0 Å². The lowest BCUT2D eigenvalue weighted by atomic mass is 10.2. The van der Waals surface area contributed by atoms with Crippen LogP contribution in [0.1, 0.15) is 31.1 Å². The molecule has 0 saturated carbocycles. The van der Waals surface area contributed by atoms with E-state index in [0.29, 0.717) is 22.0 Å². The second-order valence-electron chi connectivity index (χ2n) is 6.14. The Hall–Kier alpha value is -2.53. The van der Waals surface area contributed by atoms with Crippen LogP contribution in [0.3, 0.4) is 0 Å². The van der Waals surface area contributed by atoms with Gasteiger partial charge in [0.25, 0.3) is 5.91 Å². The zero-order valence-corrected chi connectivity index (χ0v) is 14.5. The lowest BCUT2D eigenvalue weighted by molar-refractivity contribution is 0.0635. The van der Waals surface area contributed by atoms with E-state index >= 15 is 0 Å². The average molecular weight is 347 g/mol. The van der Waals surface area contributed by atoms with Crippen molar-refractivity contribution in [3.05, 3.63) is 59.1 Å². The Morgan fingerprint density at radius 1 is 0.917 bits per heavy atom. The third kappa shape index (κ3) is 5.28. The number of carbonyl (C=O) groups excluding carboxylic acids is 2. The van der Waals surface area contributed by atoms with Gasteiger partial charge in [-0.15, -0.1) is 0 Å². The molecule has 0 heterocycles. The minimum Gasteiger partial charge on any atom is -0.444 e. The van der Waals surface area contributed by atoms with Crippen LogP contribution < -0.4 is 10.6 Å². The van der Waals surface area contributed by atoms with Crippen LogP contribution in [0.2, 0.25) is 5.02 Å². The topological polar surface area (TPSA) is 67.4 Å². The molecule has 0 bridgehead atoms. The molecule has 6 heteroatoms. The van der Waals surface area contributed by atoms with Crippen LogP contribution in [-0.4, -0.2) is 17.6 Å². The average Bonchev–Trinajstić information content (AvgIpc) is 2.47. The third-order valence-electron chi connectivity index (χ3n) is 2.91. The number of rotatable bonds is 3. The van der Waals surface area contributed by atoms with Gasteiger partial charge in [-0.1, -0.05) is 23.7 Å². The summed E-state index contributed by atoms with van der Waals surface area (Å²) >= 11 is 6.00. The van der Waals surface area contributed by atoms with Crippen molar-refractivity contribution in [1.82, 2.24) is 0 Å². The number of anilines is 2. The number of halogens is 1. The van der Waals surface area contributed by atoms with Crippen LogP contribution >= 0.6 is 11.6 Å². The van der Waals surface area contributed by atoms with Gasteiger partial charge < -0.3 is 10.1 Å². The molecule has 0 saturated heterocycles. The van der Waals surface area contributed by atoms with E-state index in [0.717, 1.165) is 0 Å². The SMILES string of the molecule is CC(C)(C)OC(=O)Nc1ccc(NC(=O)c2ccccc2Cl)cc1. The van der Waals surface area contributed by atoms with Crippen LogP contribution in [0.15, 0.2) is 48.5 Å². The molecule has 0 fully saturated rings. The van der Waals surface area contributed by atoms with Crippen molar-refractivity contribution < 1.29 is 14.3 Å². The van der Waals surface area contributed by atoms with Crippen LogP contribution in [0.4, 0.5) is 16.2 Å². The molecule has 2 amide bonds. The van der Waals surface area contributed by atoms with Crippen LogP contribution in [0.5, 0.6) is 0 Å². The number of carbonyl (C=O) groups is 2. The molecule has 0 atom stereocenters. The summed E-state index contributed by atoms with van der Waals surface area (Å²) in [7, 11) is 0. The number of ether oxygens (including phenoxy) is 1. The van der Waals surface area contributed by atoms with Gasteiger partial charge in [-0.3, -0.25) is 10.1 Å². The fourth-order valence-corrected chi connectivity index (χ4v) is 2.12. The molecule has 2 aromatic carbocycles. The minimum absolute atomic E-state index is 0.298. The van der Waals surface area contributed by atoms with Crippen LogP contribution in [0, 0.1) is 0 Å². The first kappa shape index (κ1) is 17.8. The maximum Gasteiger partial charge on any atom is 0.412 e. The van der Waals surface area contributed by atoms with Gasteiger partial charge in [0.2, 0.25) is 0 Å². The monoisotopic (exact) mass is 346 g/mol. The maximum absolute atomic E-state index is 12.2. The molecule has 0 aliphatic rings. The summed E-state index contributed by atoms with van der Waals surface area (Å²) in [6, 6.07) is 13.5. The van der Waals surface area contributed by atoms with Gasteiger partial charge in [-0.05, 0) is 57.2 Å². The number of hydrogen-bond acceptors (Lipinski definition) is 3. The molecule has 24 heavy (non-hydrogen) atoms. The Labute approximate surface area is 146 Å². The van der Waals surface area contributed by atoms with Gasteiger partial charge in [-0.25, -0.2) is 4.79 Å². The van der Waals surface area contributed by atoms with Crippen molar-refractivity contribution in [1.29, 1.82) is 0 Å². The number of hydrogen-bond donors (Lipinski definition) is 2. The lowest BCUT2D eigenvalue weighted by Gasteiger charge is -2.19. The zero-order valence-electron chi connectivity index (χ0n) is 13.7. The lowest BCUT2D eigenvalue weighted by Crippen LogP contribution is -2.27.